The van der Waals surface area contributed by atoms with Gasteiger partial charge in [0.1, 0.15) is 5.65 Å². The molecule has 2 aliphatic heterocycles. The van der Waals surface area contributed by atoms with Crippen molar-refractivity contribution >= 4 is 22.7 Å². The zero-order valence-corrected chi connectivity index (χ0v) is 21.6. The van der Waals surface area contributed by atoms with E-state index < -0.39 is 0 Å². The molecule has 0 amide bonds. The molecule has 1 atom stereocenters. The van der Waals surface area contributed by atoms with Crippen LogP contribution in [0.2, 0.25) is 0 Å². The molecule has 4 aromatic rings. The third kappa shape index (κ3) is 4.61. The van der Waals surface area contributed by atoms with Gasteiger partial charge in [0.05, 0.1) is 18.3 Å². The van der Waals surface area contributed by atoms with Gasteiger partial charge in [0.2, 0.25) is 5.95 Å². The van der Waals surface area contributed by atoms with Gasteiger partial charge in [-0.15, -0.1) is 0 Å². The van der Waals surface area contributed by atoms with Crippen LogP contribution in [0.5, 0.6) is 0 Å². The summed E-state index contributed by atoms with van der Waals surface area (Å²) in [6, 6.07) is 12.9. The van der Waals surface area contributed by atoms with E-state index in [4.69, 9.17) is 4.98 Å². The second-order valence-corrected chi connectivity index (χ2v) is 10.9. The summed E-state index contributed by atoms with van der Waals surface area (Å²) in [7, 11) is 0. The molecule has 2 saturated heterocycles. The molecule has 0 bridgehead atoms. The van der Waals surface area contributed by atoms with Crippen LogP contribution in [-0.2, 0) is 6.54 Å². The third-order valence-electron chi connectivity index (χ3n) is 8.30. The van der Waals surface area contributed by atoms with E-state index in [1.54, 1.807) is 0 Å². The van der Waals surface area contributed by atoms with Crippen molar-refractivity contribution in [2.45, 2.75) is 56.5 Å². The highest BCUT2D eigenvalue weighted by Crippen LogP contribution is 2.39. The highest BCUT2D eigenvalue weighted by atomic mass is 16.1. The molecule has 3 fully saturated rings. The van der Waals surface area contributed by atoms with Crippen molar-refractivity contribution < 1.29 is 0 Å². The maximum Gasteiger partial charge on any atom is 0.256 e. The molecule has 9 heteroatoms. The zero-order valence-electron chi connectivity index (χ0n) is 21.6. The van der Waals surface area contributed by atoms with Crippen LogP contribution < -0.4 is 21.5 Å². The highest BCUT2D eigenvalue weighted by Gasteiger charge is 2.29. The third-order valence-corrected chi connectivity index (χ3v) is 8.30. The van der Waals surface area contributed by atoms with Gasteiger partial charge in [-0.3, -0.25) is 14.0 Å². The van der Waals surface area contributed by atoms with E-state index in [0.717, 1.165) is 67.8 Å². The lowest BCUT2D eigenvalue weighted by atomic mass is 9.90. The quantitative estimate of drug-likeness (QED) is 0.349. The number of hydrogen-bond donors (Lipinski definition) is 3. The van der Waals surface area contributed by atoms with Crippen LogP contribution in [0.4, 0.5) is 11.6 Å². The molecule has 3 N–H and O–H groups in total. The topological polar surface area (TPSA) is 102 Å². The van der Waals surface area contributed by atoms with E-state index >= 15 is 0 Å². The van der Waals surface area contributed by atoms with Crippen molar-refractivity contribution in [2.75, 3.05) is 31.5 Å². The van der Waals surface area contributed by atoms with E-state index in [9.17, 15) is 4.79 Å². The normalized spacial score (nSPS) is 20.3. The van der Waals surface area contributed by atoms with Gasteiger partial charge in [-0.05, 0) is 93.4 Å². The van der Waals surface area contributed by atoms with E-state index in [1.807, 2.05) is 29.1 Å². The fraction of sp³-hybridized carbons (Fsp3) is 0.448. The number of rotatable bonds is 7. The van der Waals surface area contributed by atoms with Gasteiger partial charge < -0.3 is 16.0 Å². The van der Waals surface area contributed by atoms with Crippen LogP contribution in [0.3, 0.4) is 0 Å². The Kier molecular flexibility index (Phi) is 6.17. The smallest absolute Gasteiger partial charge is 0.256 e. The summed E-state index contributed by atoms with van der Waals surface area (Å²) in [4.78, 5) is 23.2. The maximum atomic E-state index is 13.7. The molecule has 3 aliphatic rings. The molecule has 5 heterocycles. The first-order valence-corrected chi connectivity index (χ1v) is 13.9. The number of benzene rings is 1. The number of anilines is 2. The Balaban J connectivity index is 1.21. The largest absolute Gasteiger partial charge is 0.324 e. The van der Waals surface area contributed by atoms with Gasteiger partial charge >= 0.3 is 0 Å². The number of pyridine rings is 1. The number of fused-ring (bicyclic) bond motifs is 1. The second kappa shape index (κ2) is 9.96. The van der Waals surface area contributed by atoms with Crippen molar-refractivity contribution in [1.29, 1.82) is 0 Å². The standard InChI is InChI=1S/C29H34N8O/c38-28-26(21-1-2-21)15-22-16-32-29(34-23-5-3-19(4-6-23)20-7-11-30-12-8-20)35-27(22)36(28)18-25-10-14-33-37(25)24-9-13-31-17-24/h3-6,10,14-16,20-21,24,30-31H,1-2,7-9,11-13,17-18H2,(H,32,34,35). The van der Waals surface area contributed by atoms with Crippen LogP contribution in [0.25, 0.3) is 11.0 Å². The predicted molar refractivity (Wildman–Crippen MR) is 148 cm³/mol. The SMILES string of the molecule is O=c1c(C2CC2)cc2cnc(Nc3ccc(C4CCNCC4)cc3)nc2n1Cc1ccnn1C1CCNC1. The summed E-state index contributed by atoms with van der Waals surface area (Å²) in [6.45, 7) is 4.49. The van der Waals surface area contributed by atoms with Crippen LogP contribution in [0.1, 0.15) is 66.8 Å². The second-order valence-electron chi connectivity index (χ2n) is 10.9. The first-order chi connectivity index (χ1) is 18.7. The minimum Gasteiger partial charge on any atom is -0.324 e. The predicted octanol–water partition coefficient (Wildman–Crippen LogP) is 3.66. The van der Waals surface area contributed by atoms with Crippen LogP contribution in [0, 0.1) is 0 Å². The molecule has 38 heavy (non-hydrogen) atoms. The molecule has 0 radical (unpaired) electrons. The Morgan fingerprint density at radius 2 is 1.76 bits per heavy atom. The summed E-state index contributed by atoms with van der Waals surface area (Å²) in [5, 5.41) is 15.7. The van der Waals surface area contributed by atoms with Crippen molar-refractivity contribution in [3.05, 3.63) is 76.0 Å². The molecule has 1 saturated carbocycles. The maximum absolute atomic E-state index is 13.7. The summed E-state index contributed by atoms with van der Waals surface area (Å²) in [5.41, 5.74) is 4.93. The highest BCUT2D eigenvalue weighted by molar-refractivity contribution is 5.77. The molecule has 3 aromatic heterocycles. The fourth-order valence-electron chi connectivity index (χ4n) is 6.00. The minimum atomic E-state index is 0.0493. The van der Waals surface area contributed by atoms with Gasteiger partial charge in [-0.1, -0.05) is 12.1 Å². The lowest BCUT2D eigenvalue weighted by Crippen LogP contribution is -2.27. The lowest BCUT2D eigenvalue weighted by Gasteiger charge is -2.23. The molecule has 1 unspecified atom stereocenters. The molecule has 9 nitrogen and oxygen atoms in total. The van der Waals surface area contributed by atoms with E-state index in [2.05, 4.69) is 55.0 Å². The average molecular weight is 511 g/mol. The van der Waals surface area contributed by atoms with Gasteiger partial charge in [0, 0.05) is 35.6 Å². The molecule has 0 spiro atoms. The van der Waals surface area contributed by atoms with Crippen molar-refractivity contribution in [2.24, 2.45) is 0 Å². The van der Waals surface area contributed by atoms with Crippen molar-refractivity contribution in [1.82, 2.24) is 34.9 Å². The first-order valence-electron chi connectivity index (χ1n) is 13.9. The Labute approximate surface area is 221 Å². The number of piperidine rings is 1. The van der Waals surface area contributed by atoms with Gasteiger partial charge in [0.15, 0.2) is 0 Å². The summed E-state index contributed by atoms with van der Waals surface area (Å²) >= 11 is 0. The van der Waals surface area contributed by atoms with Gasteiger partial charge in [-0.25, -0.2) is 4.98 Å². The average Bonchev–Trinajstić information content (AvgIpc) is 3.44. The number of hydrogen-bond acceptors (Lipinski definition) is 7. The van der Waals surface area contributed by atoms with Crippen LogP contribution in [-0.4, -0.2) is 50.5 Å². The fourth-order valence-corrected chi connectivity index (χ4v) is 6.00. The summed E-state index contributed by atoms with van der Waals surface area (Å²) in [5.74, 6) is 1.46. The van der Waals surface area contributed by atoms with E-state index in [-0.39, 0.29) is 5.56 Å². The molecule has 1 aliphatic carbocycles. The number of aromatic nitrogens is 5. The monoisotopic (exact) mass is 510 g/mol. The zero-order chi connectivity index (χ0) is 25.5. The first kappa shape index (κ1) is 23.5. The molecular formula is C29H34N8O. The Hall–Kier alpha value is -3.56. The Bertz CT molecular complexity index is 1490. The van der Waals surface area contributed by atoms with Gasteiger partial charge in [-0.2, -0.15) is 10.1 Å². The Morgan fingerprint density at radius 3 is 2.53 bits per heavy atom. The van der Waals surface area contributed by atoms with Crippen LogP contribution >= 0.6 is 0 Å². The van der Waals surface area contributed by atoms with Crippen molar-refractivity contribution in [3.63, 3.8) is 0 Å². The van der Waals surface area contributed by atoms with Gasteiger partial charge in [0.25, 0.3) is 5.56 Å². The van der Waals surface area contributed by atoms with E-state index in [0.29, 0.717) is 36.0 Å². The summed E-state index contributed by atoms with van der Waals surface area (Å²) in [6.07, 6.45) is 9.21. The molecule has 1 aromatic carbocycles. The number of nitrogens with one attached hydrogen (secondary N) is 3. The minimum absolute atomic E-state index is 0.0493. The molecule has 7 rings (SSSR count). The summed E-state index contributed by atoms with van der Waals surface area (Å²) < 4.78 is 3.90. The van der Waals surface area contributed by atoms with Crippen molar-refractivity contribution in [3.8, 4) is 0 Å². The Morgan fingerprint density at radius 1 is 0.947 bits per heavy atom. The van der Waals surface area contributed by atoms with E-state index in [1.165, 1.54) is 18.4 Å². The molecular weight excluding hydrogens is 476 g/mol. The molecule has 196 valence electrons. The number of nitrogens with zero attached hydrogens (tertiary/aromatic N) is 5. The van der Waals surface area contributed by atoms with Crippen LogP contribution in [0.15, 0.2) is 53.6 Å². The lowest BCUT2D eigenvalue weighted by molar-refractivity contribution is 0.460.